The Kier molecular flexibility index (Phi) is 3.98. The Morgan fingerprint density at radius 3 is 2.84 bits per heavy atom. The Balaban J connectivity index is 2.40. The Morgan fingerprint density at radius 1 is 1.47 bits per heavy atom. The molecule has 9 heteroatoms. The molecule has 0 aliphatic rings. The van der Waals surface area contributed by atoms with E-state index in [1.807, 2.05) is 0 Å². The van der Waals surface area contributed by atoms with Gasteiger partial charge in [-0.15, -0.1) is 10.2 Å². The lowest BCUT2D eigenvalue weighted by Gasteiger charge is -2.10. The maximum absolute atomic E-state index is 12.2. The average molecular weight is 301 g/mol. The fourth-order valence-corrected chi connectivity index (χ4v) is 3.26. The maximum atomic E-state index is 12.2. The highest BCUT2D eigenvalue weighted by Gasteiger charge is 2.21. The number of rotatable bonds is 5. The van der Waals surface area contributed by atoms with Gasteiger partial charge >= 0.3 is 0 Å². The summed E-state index contributed by atoms with van der Waals surface area (Å²) in [5.41, 5.74) is 1.98. The van der Waals surface area contributed by atoms with Crippen molar-refractivity contribution in [3.8, 4) is 5.75 Å². The van der Waals surface area contributed by atoms with Crippen LogP contribution < -0.4 is 9.46 Å². The van der Waals surface area contributed by atoms with Crippen molar-refractivity contribution < 1.29 is 18.3 Å². The summed E-state index contributed by atoms with van der Waals surface area (Å²) >= 11 is 1.07. The van der Waals surface area contributed by atoms with Crippen LogP contribution in [0, 0.1) is 0 Å². The van der Waals surface area contributed by atoms with Crippen LogP contribution in [0.25, 0.3) is 0 Å². The molecule has 0 spiro atoms. The summed E-state index contributed by atoms with van der Waals surface area (Å²) in [5, 5.41) is 16.4. The second-order valence-electron chi connectivity index (χ2n) is 3.49. The first-order valence-corrected chi connectivity index (χ1v) is 7.50. The van der Waals surface area contributed by atoms with Crippen molar-refractivity contribution in [3.05, 3.63) is 29.3 Å². The molecule has 0 aliphatic heterocycles. The number of aliphatic hydroxyl groups excluding tert-OH is 1. The summed E-state index contributed by atoms with van der Waals surface area (Å²) in [6, 6.07) is 4.35. The number of hydrogen-bond acceptors (Lipinski definition) is 7. The van der Waals surface area contributed by atoms with Gasteiger partial charge in [-0.2, -0.15) is 0 Å². The molecule has 0 aliphatic carbocycles. The molecule has 2 aromatic rings. The average Bonchev–Trinajstić information content (AvgIpc) is 2.89. The Labute approximate surface area is 113 Å². The van der Waals surface area contributed by atoms with E-state index in [0.29, 0.717) is 5.56 Å². The minimum Gasteiger partial charge on any atom is -0.495 e. The van der Waals surface area contributed by atoms with Crippen molar-refractivity contribution in [2.24, 2.45) is 0 Å². The number of hydrogen-bond donors (Lipinski definition) is 2. The van der Waals surface area contributed by atoms with Crippen LogP contribution in [0.2, 0.25) is 0 Å². The van der Waals surface area contributed by atoms with Gasteiger partial charge in [0, 0.05) is 0 Å². The predicted molar refractivity (Wildman–Crippen MR) is 69.6 cm³/mol. The normalized spacial score (nSPS) is 11.3. The minimum atomic E-state index is -3.80. The molecule has 0 bridgehead atoms. The fourth-order valence-electron chi connectivity index (χ4n) is 1.42. The van der Waals surface area contributed by atoms with Gasteiger partial charge in [-0.05, 0) is 17.7 Å². The highest BCUT2D eigenvalue weighted by molar-refractivity contribution is 7.93. The smallest absolute Gasteiger partial charge is 0.267 e. The Hall–Kier alpha value is -1.71. The summed E-state index contributed by atoms with van der Waals surface area (Å²) < 4.78 is 31.7. The molecule has 19 heavy (non-hydrogen) atoms. The van der Waals surface area contributed by atoms with Gasteiger partial charge in [0.15, 0.2) is 0 Å². The second-order valence-corrected chi connectivity index (χ2v) is 5.98. The highest BCUT2D eigenvalue weighted by atomic mass is 32.2. The molecule has 1 heterocycles. The van der Waals surface area contributed by atoms with Crippen molar-refractivity contribution in [2.45, 2.75) is 11.5 Å². The topological polar surface area (TPSA) is 101 Å². The molecule has 0 saturated carbocycles. The number of benzene rings is 1. The second kappa shape index (κ2) is 5.51. The van der Waals surface area contributed by atoms with Gasteiger partial charge in [-0.25, -0.2) is 8.42 Å². The number of methoxy groups -OCH3 is 1. The fraction of sp³-hybridized carbons (Fsp3) is 0.200. The summed E-state index contributed by atoms with van der Waals surface area (Å²) in [6.45, 7) is -0.194. The minimum absolute atomic E-state index is 0.0256. The van der Waals surface area contributed by atoms with Gasteiger partial charge in [0.05, 0.1) is 13.7 Å². The van der Waals surface area contributed by atoms with Crippen molar-refractivity contribution >= 4 is 26.5 Å². The van der Waals surface area contributed by atoms with Crippen LogP contribution in [0.5, 0.6) is 5.75 Å². The Morgan fingerprint density at radius 2 is 2.26 bits per heavy atom. The molecule has 0 amide bonds. The van der Waals surface area contributed by atoms with Crippen LogP contribution in [0.3, 0.4) is 0 Å². The zero-order valence-electron chi connectivity index (χ0n) is 9.90. The van der Waals surface area contributed by atoms with Gasteiger partial charge in [-0.1, -0.05) is 17.4 Å². The first-order chi connectivity index (χ1) is 9.06. The van der Waals surface area contributed by atoms with Crippen LogP contribution in [-0.2, 0) is 16.6 Å². The van der Waals surface area contributed by atoms with Crippen molar-refractivity contribution in [2.75, 3.05) is 11.8 Å². The number of nitrogens with zero attached hydrogens (tertiary/aromatic N) is 2. The standard InChI is InChI=1S/C10H11N3O4S2/c1-17-8-4-7(5-14)2-3-9(8)19(15,16)13-10-12-11-6-18-10/h2-4,6,14H,5H2,1H3,(H,12,13). The van der Waals surface area contributed by atoms with Crippen LogP contribution in [0.15, 0.2) is 28.6 Å². The quantitative estimate of drug-likeness (QED) is 0.848. The van der Waals surface area contributed by atoms with Gasteiger partial charge in [0.1, 0.15) is 16.2 Å². The molecule has 0 atom stereocenters. The van der Waals surface area contributed by atoms with Gasteiger partial charge in [-0.3, -0.25) is 4.72 Å². The summed E-state index contributed by atoms with van der Waals surface area (Å²) in [7, 11) is -2.44. The van der Waals surface area contributed by atoms with Gasteiger partial charge in [0.2, 0.25) is 5.13 Å². The summed E-state index contributed by atoms with van der Waals surface area (Å²) in [5.74, 6) is 0.156. The molecular formula is C10H11N3O4S2. The third-order valence-electron chi connectivity index (χ3n) is 2.28. The number of nitrogens with one attached hydrogen (secondary N) is 1. The SMILES string of the molecule is COc1cc(CO)ccc1S(=O)(=O)Nc1nncs1. The number of anilines is 1. The number of aliphatic hydroxyl groups is 1. The van der Waals surface area contributed by atoms with E-state index < -0.39 is 10.0 Å². The number of ether oxygens (including phenoxy) is 1. The first-order valence-electron chi connectivity index (χ1n) is 5.13. The lowest BCUT2D eigenvalue weighted by molar-refractivity contribution is 0.280. The monoisotopic (exact) mass is 301 g/mol. The summed E-state index contributed by atoms with van der Waals surface area (Å²) in [4.78, 5) is -0.0256. The van der Waals surface area contributed by atoms with Crippen molar-refractivity contribution in [1.29, 1.82) is 0 Å². The lowest BCUT2D eigenvalue weighted by Crippen LogP contribution is -2.14. The lowest BCUT2D eigenvalue weighted by atomic mass is 10.2. The molecule has 102 valence electrons. The van der Waals surface area contributed by atoms with E-state index in [2.05, 4.69) is 14.9 Å². The summed E-state index contributed by atoms with van der Waals surface area (Å²) in [6.07, 6.45) is 0. The first kappa shape index (κ1) is 13.7. The van der Waals surface area contributed by atoms with E-state index in [4.69, 9.17) is 9.84 Å². The Bertz CT molecular complexity index is 655. The predicted octanol–water partition coefficient (Wildman–Crippen LogP) is 0.840. The van der Waals surface area contributed by atoms with E-state index in [1.54, 1.807) is 0 Å². The van der Waals surface area contributed by atoms with E-state index in [9.17, 15) is 8.42 Å². The molecule has 0 radical (unpaired) electrons. The third kappa shape index (κ3) is 3.00. The number of sulfonamides is 1. The van der Waals surface area contributed by atoms with Gasteiger partial charge < -0.3 is 9.84 Å². The molecule has 0 saturated heterocycles. The molecule has 7 nitrogen and oxygen atoms in total. The third-order valence-corrected chi connectivity index (χ3v) is 4.40. The zero-order chi connectivity index (χ0) is 13.9. The van der Waals surface area contributed by atoms with Crippen LogP contribution in [-0.4, -0.2) is 30.8 Å². The van der Waals surface area contributed by atoms with E-state index in [0.717, 1.165) is 11.3 Å². The molecule has 1 aromatic heterocycles. The van der Waals surface area contributed by atoms with E-state index in [-0.39, 0.29) is 22.4 Å². The molecule has 0 unspecified atom stereocenters. The molecule has 0 fully saturated rings. The van der Waals surface area contributed by atoms with Crippen molar-refractivity contribution in [3.63, 3.8) is 0 Å². The maximum Gasteiger partial charge on any atom is 0.267 e. The van der Waals surface area contributed by atoms with Gasteiger partial charge in [0.25, 0.3) is 10.0 Å². The van der Waals surface area contributed by atoms with E-state index in [1.165, 1.54) is 30.8 Å². The van der Waals surface area contributed by atoms with Crippen LogP contribution >= 0.6 is 11.3 Å². The highest BCUT2D eigenvalue weighted by Crippen LogP contribution is 2.27. The molecule has 2 rings (SSSR count). The van der Waals surface area contributed by atoms with Crippen molar-refractivity contribution in [1.82, 2.24) is 10.2 Å². The molecule has 2 N–H and O–H groups in total. The van der Waals surface area contributed by atoms with Crippen LogP contribution in [0.4, 0.5) is 5.13 Å². The number of aromatic nitrogens is 2. The van der Waals surface area contributed by atoms with E-state index >= 15 is 0 Å². The molecular weight excluding hydrogens is 290 g/mol. The molecule has 1 aromatic carbocycles. The zero-order valence-corrected chi connectivity index (χ0v) is 11.5. The van der Waals surface area contributed by atoms with Crippen LogP contribution in [0.1, 0.15) is 5.56 Å². The largest absolute Gasteiger partial charge is 0.495 e.